The van der Waals surface area contributed by atoms with Crippen molar-refractivity contribution in [2.24, 2.45) is 0 Å². The second kappa shape index (κ2) is 8.20. The third kappa shape index (κ3) is 5.78. The van der Waals surface area contributed by atoms with Crippen molar-refractivity contribution in [3.8, 4) is 0 Å². The minimum atomic E-state index is -0.890. The van der Waals surface area contributed by atoms with Gasteiger partial charge in [-0.3, -0.25) is 19.7 Å². The zero-order chi connectivity index (χ0) is 15.8. The summed E-state index contributed by atoms with van der Waals surface area (Å²) in [6.07, 6.45) is -0.927. The Morgan fingerprint density at radius 1 is 1.33 bits per heavy atom. The molecule has 0 aliphatic heterocycles. The zero-order valence-corrected chi connectivity index (χ0v) is 12.5. The highest BCUT2D eigenvalue weighted by atomic mass is 32.1. The first-order chi connectivity index (χ1) is 9.93. The molecule has 1 aromatic heterocycles. The molecule has 21 heavy (non-hydrogen) atoms. The molecule has 8 nitrogen and oxygen atoms in total. The summed E-state index contributed by atoms with van der Waals surface area (Å²) in [7, 11) is 0. The Labute approximate surface area is 124 Å². The van der Waals surface area contributed by atoms with E-state index in [2.05, 4.69) is 4.74 Å². The van der Waals surface area contributed by atoms with Crippen LogP contribution in [0.4, 0.5) is 4.79 Å². The van der Waals surface area contributed by atoms with Gasteiger partial charge in [0.2, 0.25) is 0 Å². The van der Waals surface area contributed by atoms with E-state index in [9.17, 15) is 19.2 Å². The molecule has 0 fully saturated rings. The smallest absolute Gasteiger partial charge is 0.413 e. The van der Waals surface area contributed by atoms with Crippen LogP contribution in [0, 0.1) is 6.92 Å². The van der Waals surface area contributed by atoms with Crippen molar-refractivity contribution in [3.63, 3.8) is 0 Å². The molecule has 0 aliphatic carbocycles. The lowest BCUT2D eigenvalue weighted by Gasteiger charge is -2.06. The molecule has 1 aromatic rings. The van der Waals surface area contributed by atoms with Crippen LogP contribution < -0.4 is 10.2 Å². The molecule has 1 rings (SSSR count). The second-order valence-corrected chi connectivity index (χ2v) is 4.79. The summed E-state index contributed by atoms with van der Waals surface area (Å²) in [5.74, 6) is -1.41. The molecule has 9 heteroatoms. The molecular formula is C12H16N2O6S. The molecule has 0 atom stereocenters. The zero-order valence-electron chi connectivity index (χ0n) is 11.7. The van der Waals surface area contributed by atoms with Gasteiger partial charge in [0.25, 0.3) is 5.91 Å². The molecular weight excluding hydrogens is 300 g/mol. The predicted molar refractivity (Wildman–Crippen MR) is 74.1 cm³/mol. The quantitative estimate of drug-likeness (QED) is 0.763. The van der Waals surface area contributed by atoms with Crippen LogP contribution in [-0.2, 0) is 25.6 Å². The Hall–Kier alpha value is -2.16. The van der Waals surface area contributed by atoms with Crippen LogP contribution in [0.2, 0.25) is 0 Å². The van der Waals surface area contributed by atoms with E-state index >= 15 is 0 Å². The Balaban J connectivity index is 2.30. The van der Waals surface area contributed by atoms with E-state index in [1.165, 1.54) is 4.57 Å². The Morgan fingerprint density at radius 2 is 2.05 bits per heavy atom. The lowest BCUT2D eigenvalue weighted by Crippen LogP contribution is -2.34. The molecule has 116 valence electrons. The molecule has 0 radical (unpaired) electrons. The standard InChI is InChI=1S/C12H16N2O6S/c1-3-19-11(17)13-9(15)6-20-10(16)4-5-14-8(2)7-21-12(14)18/h7H,3-6H2,1-2H3,(H,13,15,17). The number of aryl methyl sites for hydroxylation is 1. The monoisotopic (exact) mass is 316 g/mol. The van der Waals surface area contributed by atoms with Crippen LogP contribution in [0.1, 0.15) is 19.0 Å². The summed E-state index contributed by atoms with van der Waals surface area (Å²) in [4.78, 5) is 44.9. The first-order valence-corrected chi connectivity index (χ1v) is 7.09. The van der Waals surface area contributed by atoms with Gasteiger partial charge >= 0.3 is 16.9 Å². The SMILES string of the molecule is CCOC(=O)NC(=O)COC(=O)CCn1c(C)csc1=O. The van der Waals surface area contributed by atoms with Gasteiger partial charge in [-0.2, -0.15) is 0 Å². The van der Waals surface area contributed by atoms with Crippen molar-refractivity contribution in [3.05, 3.63) is 20.7 Å². The van der Waals surface area contributed by atoms with Crippen LogP contribution in [0.5, 0.6) is 0 Å². The van der Waals surface area contributed by atoms with Crippen molar-refractivity contribution in [2.75, 3.05) is 13.2 Å². The van der Waals surface area contributed by atoms with E-state index in [1.807, 2.05) is 5.32 Å². The molecule has 0 aromatic carbocycles. The first kappa shape index (κ1) is 16.9. The molecule has 0 saturated carbocycles. The van der Waals surface area contributed by atoms with Crippen LogP contribution in [0.15, 0.2) is 10.2 Å². The van der Waals surface area contributed by atoms with Gasteiger partial charge in [0.1, 0.15) is 0 Å². The highest BCUT2D eigenvalue weighted by Gasteiger charge is 2.12. The average molecular weight is 316 g/mol. The minimum absolute atomic E-state index is 0.0375. The van der Waals surface area contributed by atoms with E-state index in [4.69, 9.17) is 4.74 Å². The maximum Gasteiger partial charge on any atom is 0.413 e. The van der Waals surface area contributed by atoms with Gasteiger partial charge in [0.15, 0.2) is 6.61 Å². The number of nitrogens with zero attached hydrogens (tertiary/aromatic N) is 1. The van der Waals surface area contributed by atoms with Gasteiger partial charge in [-0.15, -0.1) is 0 Å². The number of carbonyl (C=O) groups excluding carboxylic acids is 3. The topological polar surface area (TPSA) is 104 Å². The number of amides is 2. The Kier molecular flexibility index (Phi) is 6.60. The van der Waals surface area contributed by atoms with E-state index in [-0.39, 0.29) is 24.4 Å². The predicted octanol–water partition coefficient (Wildman–Crippen LogP) is 0.424. The first-order valence-electron chi connectivity index (χ1n) is 6.21. The number of hydrogen-bond donors (Lipinski definition) is 1. The molecule has 1 N–H and O–H groups in total. The summed E-state index contributed by atoms with van der Waals surface area (Å²) in [6, 6.07) is 0. The minimum Gasteiger partial charge on any atom is -0.456 e. The molecule has 0 spiro atoms. The van der Waals surface area contributed by atoms with Crippen molar-refractivity contribution < 1.29 is 23.9 Å². The van der Waals surface area contributed by atoms with E-state index < -0.39 is 24.6 Å². The van der Waals surface area contributed by atoms with Gasteiger partial charge in [-0.25, -0.2) is 4.79 Å². The number of hydrogen-bond acceptors (Lipinski definition) is 7. The third-order valence-corrected chi connectivity index (χ3v) is 3.28. The molecule has 0 saturated heterocycles. The van der Waals surface area contributed by atoms with Gasteiger partial charge in [0.05, 0.1) is 13.0 Å². The number of thiazole rings is 1. The largest absolute Gasteiger partial charge is 0.456 e. The van der Waals surface area contributed by atoms with Gasteiger partial charge in [0, 0.05) is 17.6 Å². The van der Waals surface area contributed by atoms with Gasteiger partial charge < -0.3 is 14.0 Å². The van der Waals surface area contributed by atoms with Gasteiger partial charge in [-0.1, -0.05) is 11.3 Å². The number of nitrogens with one attached hydrogen (secondary N) is 1. The number of aromatic nitrogens is 1. The van der Waals surface area contributed by atoms with Crippen LogP contribution in [-0.4, -0.2) is 35.8 Å². The number of imide groups is 1. The fourth-order valence-electron chi connectivity index (χ4n) is 1.41. The van der Waals surface area contributed by atoms with Crippen molar-refractivity contribution >= 4 is 29.3 Å². The summed E-state index contributed by atoms with van der Waals surface area (Å²) in [5, 5.41) is 3.59. The fraction of sp³-hybridized carbons (Fsp3) is 0.500. The van der Waals surface area contributed by atoms with Crippen LogP contribution in [0.25, 0.3) is 0 Å². The number of carbonyl (C=O) groups is 3. The number of esters is 1. The number of ether oxygens (including phenoxy) is 2. The summed E-state index contributed by atoms with van der Waals surface area (Å²) in [6.45, 7) is 3.10. The lowest BCUT2D eigenvalue weighted by molar-refractivity contribution is -0.148. The van der Waals surface area contributed by atoms with Crippen molar-refractivity contribution in [2.45, 2.75) is 26.8 Å². The van der Waals surface area contributed by atoms with Crippen LogP contribution in [0.3, 0.4) is 0 Å². The maximum atomic E-state index is 11.4. The van der Waals surface area contributed by atoms with Crippen molar-refractivity contribution in [1.82, 2.24) is 9.88 Å². The van der Waals surface area contributed by atoms with E-state index in [1.54, 1.807) is 19.2 Å². The Morgan fingerprint density at radius 3 is 2.62 bits per heavy atom. The van der Waals surface area contributed by atoms with Crippen LogP contribution >= 0.6 is 11.3 Å². The highest BCUT2D eigenvalue weighted by Crippen LogP contribution is 2.01. The Bertz CT molecular complexity index is 577. The normalized spacial score (nSPS) is 10.0. The summed E-state index contributed by atoms with van der Waals surface area (Å²) >= 11 is 1.05. The van der Waals surface area contributed by atoms with Gasteiger partial charge in [-0.05, 0) is 13.8 Å². The molecule has 1 heterocycles. The van der Waals surface area contributed by atoms with Crippen molar-refractivity contribution in [1.29, 1.82) is 0 Å². The maximum absolute atomic E-state index is 11.4. The molecule has 2 amide bonds. The lowest BCUT2D eigenvalue weighted by atomic mass is 10.4. The molecule has 0 bridgehead atoms. The van der Waals surface area contributed by atoms with E-state index in [0.717, 1.165) is 17.0 Å². The highest BCUT2D eigenvalue weighted by molar-refractivity contribution is 7.07. The van der Waals surface area contributed by atoms with E-state index in [0.29, 0.717) is 0 Å². The average Bonchev–Trinajstić information content (AvgIpc) is 2.73. The molecule has 0 aliphatic rings. The summed E-state index contributed by atoms with van der Waals surface area (Å²) < 4.78 is 10.6. The fourth-order valence-corrected chi connectivity index (χ4v) is 2.17. The number of rotatable bonds is 6. The second-order valence-electron chi connectivity index (χ2n) is 3.97. The number of alkyl carbamates (subject to hydrolysis) is 1. The summed E-state index contributed by atoms with van der Waals surface area (Å²) in [5.41, 5.74) is 0.762. The third-order valence-electron chi connectivity index (χ3n) is 2.40. The molecule has 0 unspecified atom stereocenters.